The summed E-state index contributed by atoms with van der Waals surface area (Å²) in [5.74, 6) is 0.0649. The van der Waals surface area contributed by atoms with Crippen LogP contribution in [0.5, 0.6) is 5.75 Å². The first-order valence-corrected chi connectivity index (χ1v) is 9.73. The number of nitrogens with zero attached hydrogens (tertiary/aromatic N) is 3. The van der Waals surface area contributed by atoms with Crippen molar-refractivity contribution in [1.82, 2.24) is 9.55 Å². The van der Waals surface area contributed by atoms with Crippen LogP contribution in [-0.2, 0) is 6.18 Å². The average Bonchev–Trinajstić information content (AvgIpc) is 2.72. The van der Waals surface area contributed by atoms with Crippen molar-refractivity contribution in [3.63, 3.8) is 0 Å². The fraction of sp³-hybridized carbons (Fsp3) is 0.227. The molecule has 10 heteroatoms. The number of rotatable bonds is 4. The van der Waals surface area contributed by atoms with Gasteiger partial charge in [-0.15, -0.1) is 0 Å². The molecule has 0 bridgehead atoms. The third-order valence-corrected chi connectivity index (χ3v) is 5.21. The number of carbonyl (C=O) groups is 1. The second-order valence-electron chi connectivity index (χ2n) is 7.05. The molecule has 0 saturated heterocycles. The van der Waals surface area contributed by atoms with Crippen molar-refractivity contribution in [3.8, 4) is 11.4 Å². The predicted octanol–water partition coefficient (Wildman–Crippen LogP) is 4.81. The van der Waals surface area contributed by atoms with Crippen LogP contribution in [0.3, 0.4) is 0 Å². The Morgan fingerprint density at radius 3 is 2.44 bits per heavy atom. The molecule has 0 spiro atoms. The number of aromatic nitrogens is 2. The van der Waals surface area contributed by atoms with Crippen LogP contribution in [-0.4, -0.2) is 29.6 Å². The maximum atomic E-state index is 13.2. The van der Waals surface area contributed by atoms with Crippen LogP contribution in [0.15, 0.2) is 47.3 Å². The molecule has 2 aromatic carbocycles. The van der Waals surface area contributed by atoms with Crippen molar-refractivity contribution in [2.45, 2.75) is 20.0 Å². The highest BCUT2D eigenvalue weighted by molar-refractivity contribution is 6.32. The molecule has 0 aliphatic carbocycles. The van der Waals surface area contributed by atoms with Crippen molar-refractivity contribution in [2.75, 3.05) is 19.1 Å². The second kappa shape index (κ2) is 8.66. The SMILES string of the molecule is COc1cccc(C)c1N(C)C(=O)c1ccc(Cl)c(-n2c(C)cc(C(F)(F)F)nc2=O)c1. The standard InChI is InChI=1S/C22H19ClF3N3O3/c1-12-6-5-7-17(32-4)19(12)28(3)20(30)14-8-9-15(23)16(11-14)29-13(2)10-18(22(24,25)26)27-21(29)31/h5-11H,1-4H3. The number of ether oxygens (including phenoxy) is 1. The van der Waals surface area contributed by atoms with Gasteiger partial charge in [0.05, 0.1) is 23.5 Å². The van der Waals surface area contributed by atoms with E-state index in [0.29, 0.717) is 11.4 Å². The van der Waals surface area contributed by atoms with Gasteiger partial charge in [-0.05, 0) is 49.7 Å². The van der Waals surface area contributed by atoms with Crippen molar-refractivity contribution in [2.24, 2.45) is 0 Å². The zero-order valence-electron chi connectivity index (χ0n) is 17.6. The van der Waals surface area contributed by atoms with Crippen LogP contribution in [0.4, 0.5) is 18.9 Å². The van der Waals surface area contributed by atoms with Gasteiger partial charge >= 0.3 is 11.9 Å². The lowest BCUT2D eigenvalue weighted by Gasteiger charge is -2.22. The molecule has 3 rings (SSSR count). The molecule has 6 nitrogen and oxygen atoms in total. The maximum absolute atomic E-state index is 13.2. The van der Waals surface area contributed by atoms with Gasteiger partial charge in [0.2, 0.25) is 0 Å². The van der Waals surface area contributed by atoms with Gasteiger partial charge in [0.1, 0.15) is 5.75 Å². The molecule has 3 aromatic rings. The third kappa shape index (κ3) is 4.34. The van der Waals surface area contributed by atoms with Crippen LogP contribution in [0.2, 0.25) is 5.02 Å². The monoisotopic (exact) mass is 465 g/mol. The van der Waals surface area contributed by atoms with Gasteiger partial charge in [-0.1, -0.05) is 23.7 Å². The van der Waals surface area contributed by atoms with Crippen molar-refractivity contribution in [3.05, 3.63) is 80.5 Å². The lowest BCUT2D eigenvalue weighted by molar-refractivity contribution is -0.141. The quantitative estimate of drug-likeness (QED) is 0.555. The van der Waals surface area contributed by atoms with Crippen LogP contribution in [0.25, 0.3) is 5.69 Å². The molecular weight excluding hydrogens is 447 g/mol. The molecular formula is C22H19ClF3N3O3. The Hall–Kier alpha value is -3.33. The van der Waals surface area contributed by atoms with E-state index in [4.69, 9.17) is 16.3 Å². The summed E-state index contributed by atoms with van der Waals surface area (Å²) in [6.45, 7) is 3.15. The first-order valence-electron chi connectivity index (χ1n) is 9.35. The Kier molecular flexibility index (Phi) is 6.32. The first kappa shape index (κ1) is 23.3. The van der Waals surface area contributed by atoms with E-state index in [-0.39, 0.29) is 22.0 Å². The minimum Gasteiger partial charge on any atom is -0.495 e. The average molecular weight is 466 g/mol. The van der Waals surface area contributed by atoms with E-state index in [2.05, 4.69) is 4.98 Å². The number of aryl methyl sites for hydroxylation is 2. The highest BCUT2D eigenvalue weighted by Gasteiger charge is 2.34. The Morgan fingerprint density at radius 1 is 1.16 bits per heavy atom. The summed E-state index contributed by atoms with van der Waals surface area (Å²) in [7, 11) is 3.06. The van der Waals surface area contributed by atoms with Gasteiger partial charge in [-0.2, -0.15) is 18.2 Å². The van der Waals surface area contributed by atoms with E-state index in [1.165, 1.54) is 37.1 Å². The second-order valence-corrected chi connectivity index (χ2v) is 7.46. The van der Waals surface area contributed by atoms with Crippen LogP contribution in [0, 0.1) is 13.8 Å². The number of anilines is 1. The van der Waals surface area contributed by atoms with Crippen LogP contribution in [0.1, 0.15) is 27.3 Å². The van der Waals surface area contributed by atoms with Gasteiger partial charge in [-0.3, -0.25) is 9.36 Å². The van der Waals surface area contributed by atoms with E-state index in [9.17, 15) is 22.8 Å². The summed E-state index contributed by atoms with van der Waals surface area (Å²) in [5.41, 5.74) is -0.911. The Labute approximate surface area is 186 Å². The molecule has 1 heterocycles. The van der Waals surface area contributed by atoms with E-state index >= 15 is 0 Å². The Morgan fingerprint density at radius 2 is 1.84 bits per heavy atom. The molecule has 0 atom stereocenters. The molecule has 0 radical (unpaired) electrons. The Balaban J connectivity index is 2.10. The van der Waals surface area contributed by atoms with E-state index in [1.54, 1.807) is 19.2 Å². The third-order valence-electron chi connectivity index (χ3n) is 4.89. The molecule has 0 fully saturated rings. The number of benzene rings is 2. The fourth-order valence-corrected chi connectivity index (χ4v) is 3.58. The van der Waals surface area contributed by atoms with Gasteiger partial charge in [0, 0.05) is 18.3 Å². The zero-order chi connectivity index (χ0) is 23.8. The Bertz CT molecular complexity index is 1260. The maximum Gasteiger partial charge on any atom is 0.433 e. The number of alkyl halides is 3. The summed E-state index contributed by atoms with van der Waals surface area (Å²) in [4.78, 5) is 30.1. The topological polar surface area (TPSA) is 64.4 Å². The molecule has 0 aliphatic rings. The van der Waals surface area contributed by atoms with E-state index in [1.807, 2.05) is 13.0 Å². The summed E-state index contributed by atoms with van der Waals surface area (Å²) < 4.78 is 45.2. The number of halogens is 4. The van der Waals surface area contributed by atoms with Crippen molar-refractivity contribution < 1.29 is 22.7 Å². The van der Waals surface area contributed by atoms with Gasteiger partial charge in [-0.25, -0.2) is 4.79 Å². The van der Waals surface area contributed by atoms with Gasteiger partial charge in [0.25, 0.3) is 5.91 Å². The fourth-order valence-electron chi connectivity index (χ4n) is 3.38. The molecule has 0 unspecified atom stereocenters. The highest BCUT2D eigenvalue weighted by atomic mass is 35.5. The van der Waals surface area contributed by atoms with E-state index in [0.717, 1.165) is 16.2 Å². The number of carbonyl (C=O) groups excluding carboxylic acids is 1. The first-order chi connectivity index (χ1) is 15.0. The number of hydrogen-bond acceptors (Lipinski definition) is 4. The molecule has 1 aromatic heterocycles. The summed E-state index contributed by atoms with van der Waals surface area (Å²) in [6.07, 6.45) is -4.76. The van der Waals surface area contributed by atoms with Gasteiger partial charge in [0.15, 0.2) is 5.69 Å². The zero-order valence-corrected chi connectivity index (χ0v) is 18.4. The number of para-hydroxylation sites is 1. The summed E-state index contributed by atoms with van der Waals surface area (Å²) in [5, 5.41) is 0.0735. The van der Waals surface area contributed by atoms with Gasteiger partial charge < -0.3 is 9.64 Å². The summed E-state index contributed by atoms with van der Waals surface area (Å²) in [6, 6.07) is 10.3. The van der Waals surface area contributed by atoms with Crippen LogP contribution >= 0.6 is 11.6 Å². The minimum absolute atomic E-state index is 0.0299. The largest absolute Gasteiger partial charge is 0.495 e. The molecule has 32 heavy (non-hydrogen) atoms. The molecule has 0 aliphatic heterocycles. The lowest BCUT2D eigenvalue weighted by atomic mass is 10.1. The number of hydrogen-bond donors (Lipinski definition) is 0. The molecule has 168 valence electrons. The highest BCUT2D eigenvalue weighted by Crippen LogP contribution is 2.33. The number of methoxy groups -OCH3 is 1. The molecule has 0 N–H and O–H groups in total. The molecule has 0 saturated carbocycles. The number of amides is 1. The van der Waals surface area contributed by atoms with Crippen molar-refractivity contribution >= 4 is 23.2 Å². The smallest absolute Gasteiger partial charge is 0.433 e. The van der Waals surface area contributed by atoms with Crippen molar-refractivity contribution in [1.29, 1.82) is 0 Å². The normalized spacial score (nSPS) is 11.4. The summed E-state index contributed by atoms with van der Waals surface area (Å²) >= 11 is 6.22. The predicted molar refractivity (Wildman–Crippen MR) is 115 cm³/mol. The van der Waals surface area contributed by atoms with E-state index < -0.39 is 23.5 Å². The molecule has 1 amide bonds. The minimum atomic E-state index is -4.76. The van der Waals surface area contributed by atoms with Crippen LogP contribution < -0.4 is 15.3 Å². The lowest BCUT2D eigenvalue weighted by Crippen LogP contribution is -2.29.